The van der Waals surface area contributed by atoms with Gasteiger partial charge in [0.25, 0.3) is 0 Å². The van der Waals surface area contributed by atoms with Crippen molar-refractivity contribution < 1.29 is 0 Å². The van der Waals surface area contributed by atoms with Crippen molar-refractivity contribution in [1.82, 2.24) is 5.32 Å². The van der Waals surface area contributed by atoms with Crippen LogP contribution in [-0.4, -0.2) is 12.3 Å². The molecule has 2 rings (SSSR count). The Morgan fingerprint density at radius 2 is 2.50 bits per heavy atom. The van der Waals surface area contributed by atoms with Crippen LogP contribution < -0.4 is 5.32 Å². The number of allylic oxidation sites excluding steroid dienone is 2. The highest BCUT2D eigenvalue weighted by Crippen LogP contribution is 2.11. The monoisotopic (exact) mass is 134 g/mol. The summed E-state index contributed by atoms with van der Waals surface area (Å²) in [5.74, 6) is 0. The Balaban J connectivity index is 2.30. The molecule has 2 heterocycles. The zero-order valence-corrected chi connectivity index (χ0v) is 5.80. The van der Waals surface area contributed by atoms with Gasteiger partial charge in [-0.1, -0.05) is 12.2 Å². The molecule has 52 valence electrons. The topological polar surface area (TPSA) is 24.4 Å². The molecule has 0 fully saturated rings. The zero-order valence-electron chi connectivity index (χ0n) is 5.80. The second-order valence-electron chi connectivity index (χ2n) is 2.49. The van der Waals surface area contributed by atoms with Gasteiger partial charge in [0.1, 0.15) is 0 Å². The summed E-state index contributed by atoms with van der Waals surface area (Å²) in [5.41, 5.74) is 2.43. The third-order valence-corrected chi connectivity index (χ3v) is 1.76. The number of hydrogen-bond donors (Lipinski definition) is 1. The minimum atomic E-state index is 0.967. The van der Waals surface area contributed by atoms with Crippen LogP contribution in [-0.2, 0) is 0 Å². The largest absolute Gasteiger partial charge is 0.361 e. The fourth-order valence-electron chi connectivity index (χ4n) is 1.25. The van der Waals surface area contributed by atoms with Gasteiger partial charge in [0.2, 0.25) is 0 Å². The van der Waals surface area contributed by atoms with Crippen LogP contribution >= 0.6 is 0 Å². The molecule has 0 saturated heterocycles. The second-order valence-corrected chi connectivity index (χ2v) is 2.49. The molecule has 0 aromatic heterocycles. The SMILES string of the molecule is C1=CNC2=CCCN=C2C1. The van der Waals surface area contributed by atoms with Crippen LogP contribution in [0.15, 0.2) is 29.0 Å². The van der Waals surface area contributed by atoms with E-state index < -0.39 is 0 Å². The van der Waals surface area contributed by atoms with Crippen LogP contribution in [0.1, 0.15) is 12.8 Å². The van der Waals surface area contributed by atoms with E-state index in [1.807, 2.05) is 6.20 Å². The number of fused-ring (bicyclic) bond motifs is 1. The molecule has 0 saturated carbocycles. The summed E-state index contributed by atoms with van der Waals surface area (Å²) in [6.45, 7) is 0.967. The smallest absolute Gasteiger partial charge is 0.0617 e. The van der Waals surface area contributed by atoms with E-state index in [0.717, 1.165) is 19.4 Å². The van der Waals surface area contributed by atoms with Gasteiger partial charge in [-0.15, -0.1) is 0 Å². The molecule has 0 spiro atoms. The van der Waals surface area contributed by atoms with Crippen molar-refractivity contribution in [3.63, 3.8) is 0 Å². The highest BCUT2D eigenvalue weighted by molar-refractivity contribution is 6.01. The van der Waals surface area contributed by atoms with Crippen LogP contribution in [0.2, 0.25) is 0 Å². The molecule has 0 amide bonds. The molecule has 0 atom stereocenters. The summed E-state index contributed by atoms with van der Waals surface area (Å²) in [5, 5.41) is 3.17. The molecule has 10 heavy (non-hydrogen) atoms. The Labute approximate surface area is 60.3 Å². The predicted octanol–water partition coefficient (Wildman–Crippen LogP) is 1.22. The molecule has 2 heteroatoms. The maximum absolute atomic E-state index is 4.39. The molecule has 0 radical (unpaired) electrons. The first-order valence-electron chi connectivity index (χ1n) is 3.62. The number of dihydropyridines is 1. The molecular weight excluding hydrogens is 124 g/mol. The van der Waals surface area contributed by atoms with Gasteiger partial charge in [-0.05, 0) is 12.6 Å². The van der Waals surface area contributed by atoms with E-state index in [2.05, 4.69) is 22.5 Å². The van der Waals surface area contributed by atoms with Crippen molar-refractivity contribution in [3.8, 4) is 0 Å². The van der Waals surface area contributed by atoms with Crippen molar-refractivity contribution in [2.75, 3.05) is 6.54 Å². The van der Waals surface area contributed by atoms with E-state index in [4.69, 9.17) is 0 Å². The van der Waals surface area contributed by atoms with Gasteiger partial charge in [-0.2, -0.15) is 0 Å². The Morgan fingerprint density at radius 3 is 3.40 bits per heavy atom. The number of rotatable bonds is 0. The van der Waals surface area contributed by atoms with Crippen molar-refractivity contribution in [2.45, 2.75) is 12.8 Å². The molecule has 0 unspecified atom stereocenters. The lowest BCUT2D eigenvalue weighted by molar-refractivity contribution is 0.925. The average Bonchev–Trinajstić information content (AvgIpc) is 2.05. The molecule has 0 bridgehead atoms. The summed E-state index contributed by atoms with van der Waals surface area (Å²) in [6, 6.07) is 0. The average molecular weight is 134 g/mol. The fourth-order valence-corrected chi connectivity index (χ4v) is 1.25. The summed E-state index contributed by atoms with van der Waals surface area (Å²) in [4.78, 5) is 4.39. The second kappa shape index (κ2) is 2.29. The third kappa shape index (κ3) is 0.856. The van der Waals surface area contributed by atoms with Crippen molar-refractivity contribution in [1.29, 1.82) is 0 Å². The number of nitrogens with zero attached hydrogens (tertiary/aromatic N) is 1. The number of nitrogens with one attached hydrogen (secondary N) is 1. The van der Waals surface area contributed by atoms with Crippen LogP contribution in [0, 0.1) is 0 Å². The van der Waals surface area contributed by atoms with Crippen LogP contribution in [0.5, 0.6) is 0 Å². The minimum absolute atomic E-state index is 0.967. The van der Waals surface area contributed by atoms with Crippen LogP contribution in [0.25, 0.3) is 0 Å². The van der Waals surface area contributed by atoms with Gasteiger partial charge in [-0.3, -0.25) is 4.99 Å². The van der Waals surface area contributed by atoms with Gasteiger partial charge >= 0.3 is 0 Å². The molecule has 1 N–H and O–H groups in total. The molecule has 2 aliphatic rings. The quantitative estimate of drug-likeness (QED) is 0.529. The first-order chi connectivity index (χ1) is 4.97. The first-order valence-corrected chi connectivity index (χ1v) is 3.62. The lowest BCUT2D eigenvalue weighted by Gasteiger charge is -2.17. The predicted molar refractivity (Wildman–Crippen MR) is 41.9 cm³/mol. The third-order valence-electron chi connectivity index (χ3n) is 1.76. The summed E-state index contributed by atoms with van der Waals surface area (Å²) < 4.78 is 0. The van der Waals surface area contributed by atoms with E-state index in [9.17, 15) is 0 Å². The van der Waals surface area contributed by atoms with Gasteiger partial charge in [-0.25, -0.2) is 0 Å². The van der Waals surface area contributed by atoms with Gasteiger partial charge < -0.3 is 5.32 Å². The Bertz CT molecular complexity index is 199. The molecule has 2 nitrogen and oxygen atoms in total. The standard InChI is InChI=1S/C8H10N2/c1-3-7-8(9-5-1)4-2-6-10-7/h1,4-5,9H,2-3,6H2. The van der Waals surface area contributed by atoms with E-state index in [-0.39, 0.29) is 0 Å². The van der Waals surface area contributed by atoms with Crippen molar-refractivity contribution in [3.05, 3.63) is 24.0 Å². The van der Waals surface area contributed by atoms with Gasteiger partial charge in [0.15, 0.2) is 0 Å². The van der Waals surface area contributed by atoms with Gasteiger partial charge in [0, 0.05) is 13.0 Å². The fraction of sp³-hybridized carbons (Fsp3) is 0.375. The van der Waals surface area contributed by atoms with Crippen molar-refractivity contribution in [2.24, 2.45) is 4.99 Å². The lowest BCUT2D eigenvalue weighted by atomic mass is 10.1. The zero-order chi connectivity index (χ0) is 6.81. The molecular formula is C8H10N2. The van der Waals surface area contributed by atoms with E-state index in [1.165, 1.54) is 11.4 Å². The van der Waals surface area contributed by atoms with Crippen LogP contribution in [0.4, 0.5) is 0 Å². The Morgan fingerprint density at radius 1 is 1.50 bits per heavy atom. The van der Waals surface area contributed by atoms with E-state index in [0.29, 0.717) is 0 Å². The number of hydrogen-bond acceptors (Lipinski definition) is 2. The first kappa shape index (κ1) is 5.71. The maximum Gasteiger partial charge on any atom is 0.0617 e. The highest BCUT2D eigenvalue weighted by atomic mass is 14.9. The van der Waals surface area contributed by atoms with Crippen molar-refractivity contribution >= 4 is 5.71 Å². The summed E-state index contributed by atoms with van der Waals surface area (Å²) in [7, 11) is 0. The van der Waals surface area contributed by atoms with E-state index >= 15 is 0 Å². The highest BCUT2D eigenvalue weighted by Gasteiger charge is 2.09. The Kier molecular flexibility index (Phi) is 1.31. The van der Waals surface area contributed by atoms with Crippen LogP contribution in [0.3, 0.4) is 0 Å². The molecule has 2 aliphatic heterocycles. The normalized spacial score (nSPS) is 22.4. The Hall–Kier alpha value is -1.05. The molecule has 0 aromatic carbocycles. The molecule has 0 aliphatic carbocycles. The summed E-state index contributed by atoms with van der Waals surface area (Å²) in [6.07, 6.45) is 8.38. The summed E-state index contributed by atoms with van der Waals surface area (Å²) >= 11 is 0. The minimum Gasteiger partial charge on any atom is -0.361 e. The maximum atomic E-state index is 4.39. The van der Waals surface area contributed by atoms with E-state index in [1.54, 1.807) is 0 Å². The van der Waals surface area contributed by atoms with Gasteiger partial charge in [0.05, 0.1) is 11.4 Å². The number of aliphatic imine (C=N–C) groups is 1. The lowest BCUT2D eigenvalue weighted by Crippen LogP contribution is -2.21. The molecule has 0 aromatic rings.